The number of aliphatic carboxylic acids is 1. The highest BCUT2D eigenvalue weighted by Crippen LogP contribution is 2.15. The number of carbonyl (C=O) groups is 2. The molecule has 0 aliphatic carbocycles. The molecule has 0 aliphatic heterocycles. The van der Waals surface area contributed by atoms with Gasteiger partial charge < -0.3 is 5.11 Å². The molecule has 0 unspecified atom stereocenters. The number of benzene rings is 1. The zero-order chi connectivity index (χ0) is 14.5. The van der Waals surface area contributed by atoms with Crippen LogP contribution in [0.25, 0.3) is 0 Å². The summed E-state index contributed by atoms with van der Waals surface area (Å²) in [5.41, 5.74) is 0.199. The molecule has 5 heteroatoms. The average molecular weight is 265 g/mol. The number of carboxylic acid groups (broad SMARTS) is 1. The Bertz CT molecular complexity index is 425. The molecule has 0 aliphatic rings. The van der Waals surface area contributed by atoms with Crippen LogP contribution in [0.4, 0.5) is 0 Å². The van der Waals surface area contributed by atoms with Gasteiger partial charge in [0.1, 0.15) is 0 Å². The van der Waals surface area contributed by atoms with Crippen LogP contribution in [0.15, 0.2) is 30.3 Å². The molecule has 0 saturated heterocycles. The van der Waals surface area contributed by atoms with Crippen molar-refractivity contribution in [2.24, 2.45) is 0 Å². The number of nitrogens with zero attached hydrogens (tertiary/aromatic N) is 1. The zero-order valence-electron chi connectivity index (χ0n) is 11.4. The van der Waals surface area contributed by atoms with Crippen molar-refractivity contribution in [2.45, 2.75) is 38.8 Å². The Morgan fingerprint density at radius 3 is 2.37 bits per heavy atom. The summed E-state index contributed by atoms with van der Waals surface area (Å²) in [7, 11) is 0. The van der Waals surface area contributed by atoms with Gasteiger partial charge in [-0.3, -0.25) is 9.63 Å². The van der Waals surface area contributed by atoms with Gasteiger partial charge in [0.15, 0.2) is 6.04 Å². The Morgan fingerprint density at radius 2 is 1.95 bits per heavy atom. The molecule has 0 aromatic heterocycles. The van der Waals surface area contributed by atoms with Crippen LogP contribution in [0.1, 0.15) is 26.3 Å². The molecule has 0 radical (unpaired) electrons. The van der Waals surface area contributed by atoms with Crippen LogP contribution in [0.2, 0.25) is 0 Å². The van der Waals surface area contributed by atoms with E-state index in [1.165, 1.54) is 0 Å². The largest absolute Gasteiger partial charge is 0.480 e. The summed E-state index contributed by atoms with van der Waals surface area (Å²) < 4.78 is 0. The SMILES string of the molecule is CC(C)(C)ON(C=O)[C@@H](Cc1ccccc1)C(=O)O. The normalized spacial score (nSPS) is 12.8. The van der Waals surface area contributed by atoms with Crippen molar-refractivity contribution < 1.29 is 19.5 Å². The van der Waals surface area contributed by atoms with Gasteiger partial charge in [-0.2, -0.15) is 0 Å². The molecule has 1 N–H and O–H groups in total. The molecule has 0 spiro atoms. The fraction of sp³-hybridized carbons (Fsp3) is 0.429. The van der Waals surface area contributed by atoms with Crippen LogP contribution in [-0.4, -0.2) is 34.2 Å². The number of hydrogen-bond acceptors (Lipinski definition) is 3. The van der Waals surface area contributed by atoms with E-state index in [1.807, 2.05) is 30.3 Å². The third-order valence-corrected chi connectivity index (χ3v) is 2.35. The van der Waals surface area contributed by atoms with Crippen molar-refractivity contribution in [3.8, 4) is 0 Å². The molecule has 1 rings (SSSR count). The predicted molar refractivity (Wildman–Crippen MR) is 70.3 cm³/mol. The fourth-order valence-corrected chi connectivity index (χ4v) is 1.60. The highest BCUT2D eigenvalue weighted by molar-refractivity contribution is 5.76. The van der Waals surface area contributed by atoms with Gasteiger partial charge in [-0.05, 0) is 26.3 Å². The predicted octanol–water partition coefficient (Wildman–Crippen LogP) is 1.87. The molecule has 1 aromatic rings. The van der Waals surface area contributed by atoms with E-state index in [4.69, 9.17) is 4.84 Å². The lowest BCUT2D eigenvalue weighted by Gasteiger charge is -2.30. The monoisotopic (exact) mass is 265 g/mol. The molecule has 0 bridgehead atoms. The van der Waals surface area contributed by atoms with Gasteiger partial charge in [0.2, 0.25) is 6.41 Å². The van der Waals surface area contributed by atoms with Gasteiger partial charge in [-0.1, -0.05) is 30.3 Å². The van der Waals surface area contributed by atoms with Crippen molar-refractivity contribution in [3.63, 3.8) is 0 Å². The first-order chi connectivity index (χ1) is 8.83. The van der Waals surface area contributed by atoms with Gasteiger partial charge in [0.05, 0.1) is 5.60 Å². The first-order valence-corrected chi connectivity index (χ1v) is 6.03. The molecule has 5 nitrogen and oxygen atoms in total. The summed E-state index contributed by atoms with van der Waals surface area (Å²) in [6.07, 6.45) is 0.609. The van der Waals surface area contributed by atoms with E-state index >= 15 is 0 Å². The summed E-state index contributed by atoms with van der Waals surface area (Å²) in [6, 6.07) is 8.09. The highest BCUT2D eigenvalue weighted by Gasteiger charge is 2.29. The molecule has 0 fully saturated rings. The minimum absolute atomic E-state index is 0.199. The fourth-order valence-electron chi connectivity index (χ4n) is 1.60. The van der Waals surface area contributed by atoms with E-state index in [0.29, 0.717) is 6.41 Å². The number of hydroxylamine groups is 2. The van der Waals surface area contributed by atoms with Gasteiger partial charge in [0.25, 0.3) is 0 Å². The van der Waals surface area contributed by atoms with E-state index in [-0.39, 0.29) is 6.42 Å². The third kappa shape index (κ3) is 5.09. The number of hydrogen-bond donors (Lipinski definition) is 1. The lowest BCUT2D eigenvalue weighted by Crippen LogP contribution is -2.45. The van der Waals surface area contributed by atoms with Gasteiger partial charge >= 0.3 is 5.97 Å². The van der Waals surface area contributed by atoms with Crippen LogP contribution in [0.5, 0.6) is 0 Å². The van der Waals surface area contributed by atoms with Crippen LogP contribution in [0, 0.1) is 0 Å². The van der Waals surface area contributed by atoms with E-state index in [0.717, 1.165) is 10.6 Å². The molecule has 104 valence electrons. The lowest BCUT2D eigenvalue weighted by molar-refractivity contribution is -0.234. The molecular formula is C14H19NO4. The van der Waals surface area contributed by atoms with E-state index in [2.05, 4.69) is 0 Å². The maximum atomic E-state index is 11.3. The van der Waals surface area contributed by atoms with E-state index in [1.54, 1.807) is 20.8 Å². The quantitative estimate of drug-likeness (QED) is 0.630. The summed E-state index contributed by atoms with van der Waals surface area (Å²) in [5, 5.41) is 10.1. The molecular weight excluding hydrogens is 246 g/mol. The second-order valence-corrected chi connectivity index (χ2v) is 5.21. The van der Waals surface area contributed by atoms with Crippen molar-refractivity contribution in [2.75, 3.05) is 0 Å². The Hall–Kier alpha value is -1.88. The van der Waals surface area contributed by atoms with Gasteiger partial charge in [0, 0.05) is 6.42 Å². The molecule has 1 atom stereocenters. The number of carboxylic acids is 1. The minimum atomic E-state index is -1.10. The third-order valence-electron chi connectivity index (χ3n) is 2.35. The van der Waals surface area contributed by atoms with Crippen molar-refractivity contribution in [1.29, 1.82) is 0 Å². The number of carbonyl (C=O) groups excluding carboxylic acids is 1. The molecule has 1 amide bonds. The Morgan fingerprint density at radius 1 is 1.37 bits per heavy atom. The topological polar surface area (TPSA) is 66.8 Å². The van der Waals surface area contributed by atoms with Crippen LogP contribution < -0.4 is 0 Å². The molecule has 19 heavy (non-hydrogen) atoms. The van der Waals surface area contributed by atoms with Gasteiger partial charge in [-0.15, -0.1) is 0 Å². The second kappa shape index (κ2) is 6.33. The Balaban J connectivity index is 2.87. The van der Waals surface area contributed by atoms with E-state index < -0.39 is 17.6 Å². The van der Waals surface area contributed by atoms with Crippen LogP contribution >= 0.6 is 0 Å². The van der Waals surface area contributed by atoms with Crippen LogP contribution in [-0.2, 0) is 20.8 Å². The van der Waals surface area contributed by atoms with Crippen LogP contribution in [0.3, 0.4) is 0 Å². The molecule has 0 heterocycles. The summed E-state index contributed by atoms with van der Waals surface area (Å²) in [6.45, 7) is 5.26. The first kappa shape index (κ1) is 15.2. The Labute approximate surface area is 112 Å². The van der Waals surface area contributed by atoms with Gasteiger partial charge in [-0.25, -0.2) is 9.86 Å². The second-order valence-electron chi connectivity index (χ2n) is 5.21. The maximum Gasteiger partial charge on any atom is 0.329 e. The van der Waals surface area contributed by atoms with Crippen molar-refractivity contribution in [3.05, 3.63) is 35.9 Å². The first-order valence-electron chi connectivity index (χ1n) is 6.03. The smallest absolute Gasteiger partial charge is 0.329 e. The summed E-state index contributed by atoms with van der Waals surface area (Å²) in [4.78, 5) is 27.7. The Kier molecular flexibility index (Phi) is 5.06. The zero-order valence-corrected chi connectivity index (χ0v) is 11.4. The summed E-state index contributed by atoms with van der Waals surface area (Å²) >= 11 is 0. The van der Waals surface area contributed by atoms with Crippen molar-refractivity contribution in [1.82, 2.24) is 5.06 Å². The van der Waals surface area contributed by atoms with Crippen molar-refractivity contribution >= 4 is 12.4 Å². The standard InChI is InChI=1S/C14H19NO4/c1-14(2,3)19-15(10-16)12(13(17)18)9-11-7-5-4-6-8-11/h4-8,10,12H,9H2,1-3H3,(H,17,18)/t12-/m0/s1. The molecule has 0 saturated carbocycles. The van der Waals surface area contributed by atoms with E-state index in [9.17, 15) is 14.7 Å². The maximum absolute atomic E-state index is 11.3. The number of amides is 1. The summed E-state index contributed by atoms with van der Waals surface area (Å²) in [5.74, 6) is -1.10. The highest BCUT2D eigenvalue weighted by atomic mass is 16.7. The minimum Gasteiger partial charge on any atom is -0.480 e. The average Bonchev–Trinajstić information content (AvgIpc) is 2.33. The molecule has 1 aromatic carbocycles. The number of rotatable bonds is 6. The lowest BCUT2D eigenvalue weighted by atomic mass is 10.1.